The van der Waals surface area contributed by atoms with E-state index in [-0.39, 0.29) is 12.1 Å². The Balaban J connectivity index is 2.28. The highest BCUT2D eigenvalue weighted by Gasteiger charge is 2.16. The molecule has 1 unspecified atom stereocenters. The van der Waals surface area contributed by atoms with Crippen molar-refractivity contribution in [2.45, 2.75) is 26.0 Å². The van der Waals surface area contributed by atoms with Crippen LogP contribution < -0.4 is 16.0 Å². The molecule has 2 rings (SSSR count). The van der Waals surface area contributed by atoms with Crippen molar-refractivity contribution in [2.75, 3.05) is 0 Å². The average molecular weight is 261 g/mol. The molecule has 0 saturated heterocycles. The molecule has 0 aliphatic carbocycles. The minimum absolute atomic E-state index is 0.108. The van der Waals surface area contributed by atoms with Crippen molar-refractivity contribution in [1.29, 1.82) is 0 Å². The Morgan fingerprint density at radius 3 is 2.74 bits per heavy atom. The van der Waals surface area contributed by atoms with Crippen LogP contribution in [0.1, 0.15) is 31.1 Å². The summed E-state index contributed by atoms with van der Waals surface area (Å²) in [6.45, 7) is 3.95. The molecule has 0 radical (unpaired) electrons. The van der Waals surface area contributed by atoms with Gasteiger partial charge >= 0.3 is 0 Å². The van der Waals surface area contributed by atoms with Crippen molar-refractivity contribution >= 4 is 0 Å². The first-order valence-corrected chi connectivity index (χ1v) is 6.15. The Labute approximate surface area is 112 Å². The largest absolute Gasteiger partial charge is 0.489 e. The normalized spacial score (nSPS) is 12.7. The maximum atomic E-state index is 5.63. The lowest BCUT2D eigenvalue weighted by Gasteiger charge is -2.15. The van der Waals surface area contributed by atoms with E-state index in [4.69, 9.17) is 10.6 Å². The molecule has 0 fully saturated rings. The van der Waals surface area contributed by atoms with E-state index in [9.17, 15) is 0 Å². The number of aryl methyl sites for hydroxylation is 1. The summed E-state index contributed by atoms with van der Waals surface area (Å²) in [5.41, 5.74) is 4.51. The Hall–Kier alpha value is -1.92. The number of imidazole rings is 1. The Bertz CT molecular complexity index is 537. The molecule has 6 heteroatoms. The van der Waals surface area contributed by atoms with Crippen LogP contribution in [-0.4, -0.2) is 20.6 Å². The van der Waals surface area contributed by atoms with Crippen LogP contribution in [0.2, 0.25) is 0 Å². The van der Waals surface area contributed by atoms with Crippen molar-refractivity contribution in [1.82, 2.24) is 20.0 Å². The molecule has 2 aromatic heterocycles. The number of hydrazine groups is 1. The summed E-state index contributed by atoms with van der Waals surface area (Å²) in [7, 11) is 1.92. The molecular formula is C13H19N5O. The lowest BCUT2D eigenvalue weighted by molar-refractivity contribution is 0.241. The summed E-state index contributed by atoms with van der Waals surface area (Å²) in [4.78, 5) is 8.49. The number of nitrogens with zero attached hydrogens (tertiary/aromatic N) is 3. The zero-order valence-electron chi connectivity index (χ0n) is 11.4. The topological polar surface area (TPSA) is 78.0 Å². The lowest BCUT2D eigenvalue weighted by atomic mass is 10.1. The van der Waals surface area contributed by atoms with E-state index >= 15 is 0 Å². The first-order chi connectivity index (χ1) is 9.10. The maximum Gasteiger partial charge on any atom is 0.138 e. The third-order valence-corrected chi connectivity index (χ3v) is 2.63. The fourth-order valence-corrected chi connectivity index (χ4v) is 1.86. The minimum Gasteiger partial charge on any atom is -0.489 e. The number of hydrogen-bond donors (Lipinski definition) is 2. The first kappa shape index (κ1) is 13.5. The molecule has 0 aromatic carbocycles. The van der Waals surface area contributed by atoms with Crippen LogP contribution in [0, 0.1) is 0 Å². The van der Waals surface area contributed by atoms with Crippen LogP contribution in [0.3, 0.4) is 0 Å². The van der Waals surface area contributed by atoms with Crippen molar-refractivity contribution in [3.63, 3.8) is 0 Å². The van der Waals surface area contributed by atoms with Gasteiger partial charge in [0.05, 0.1) is 30.4 Å². The Morgan fingerprint density at radius 1 is 1.37 bits per heavy atom. The minimum atomic E-state index is -0.204. The molecule has 0 spiro atoms. The van der Waals surface area contributed by atoms with E-state index in [1.54, 1.807) is 18.7 Å². The monoisotopic (exact) mass is 261 g/mol. The quantitative estimate of drug-likeness (QED) is 0.623. The highest BCUT2D eigenvalue weighted by Crippen LogP contribution is 2.22. The molecule has 2 aromatic rings. The van der Waals surface area contributed by atoms with Gasteiger partial charge in [0.25, 0.3) is 0 Å². The van der Waals surface area contributed by atoms with Crippen LogP contribution in [0.15, 0.2) is 31.0 Å². The Morgan fingerprint density at radius 2 is 2.16 bits per heavy atom. The van der Waals surface area contributed by atoms with E-state index in [0.717, 1.165) is 17.0 Å². The molecule has 0 aliphatic rings. The highest BCUT2D eigenvalue weighted by molar-refractivity contribution is 5.30. The molecule has 6 nitrogen and oxygen atoms in total. The van der Waals surface area contributed by atoms with Crippen LogP contribution >= 0.6 is 0 Å². The number of rotatable bonds is 5. The molecule has 102 valence electrons. The summed E-state index contributed by atoms with van der Waals surface area (Å²) >= 11 is 0. The zero-order valence-corrected chi connectivity index (χ0v) is 11.4. The van der Waals surface area contributed by atoms with Crippen molar-refractivity contribution in [3.05, 3.63) is 42.2 Å². The maximum absolute atomic E-state index is 5.63. The molecular weight excluding hydrogens is 242 g/mol. The van der Waals surface area contributed by atoms with E-state index in [2.05, 4.69) is 15.4 Å². The smallest absolute Gasteiger partial charge is 0.138 e. The van der Waals surface area contributed by atoms with Gasteiger partial charge in [0.1, 0.15) is 5.75 Å². The molecule has 3 N–H and O–H groups in total. The fraction of sp³-hybridized carbons (Fsp3) is 0.385. The van der Waals surface area contributed by atoms with Gasteiger partial charge in [-0.2, -0.15) is 0 Å². The summed E-state index contributed by atoms with van der Waals surface area (Å²) in [6, 6.07) is 1.72. The fourth-order valence-electron chi connectivity index (χ4n) is 1.86. The third kappa shape index (κ3) is 3.30. The van der Waals surface area contributed by atoms with Crippen LogP contribution in [0.5, 0.6) is 5.75 Å². The van der Waals surface area contributed by atoms with Crippen molar-refractivity contribution < 1.29 is 4.74 Å². The lowest BCUT2D eigenvalue weighted by Crippen LogP contribution is -2.29. The van der Waals surface area contributed by atoms with Crippen molar-refractivity contribution in [2.24, 2.45) is 12.9 Å². The second-order valence-corrected chi connectivity index (χ2v) is 4.68. The van der Waals surface area contributed by atoms with E-state index < -0.39 is 0 Å². The Kier molecular flexibility index (Phi) is 4.13. The predicted molar refractivity (Wildman–Crippen MR) is 72.4 cm³/mol. The highest BCUT2D eigenvalue weighted by atomic mass is 16.5. The summed E-state index contributed by atoms with van der Waals surface area (Å²) in [6.07, 6.45) is 7.21. The standard InChI is InChI=1S/C13H19N5O/c1-9(2)19-11-4-10(5-15-6-11)13(17-14)12-7-18(3)8-16-12/h4-9,13,17H,14H2,1-3H3. The second kappa shape index (κ2) is 5.81. The zero-order chi connectivity index (χ0) is 13.8. The number of hydrogen-bond acceptors (Lipinski definition) is 5. The number of aromatic nitrogens is 3. The summed E-state index contributed by atoms with van der Waals surface area (Å²) < 4.78 is 7.51. The van der Waals surface area contributed by atoms with Crippen LogP contribution in [0.25, 0.3) is 0 Å². The van der Waals surface area contributed by atoms with Gasteiger partial charge in [-0.25, -0.2) is 10.4 Å². The molecule has 1 atom stereocenters. The van der Waals surface area contributed by atoms with E-state index in [0.29, 0.717) is 0 Å². The molecule has 19 heavy (non-hydrogen) atoms. The summed E-state index contributed by atoms with van der Waals surface area (Å²) in [5.74, 6) is 6.36. The van der Waals surface area contributed by atoms with E-state index in [1.165, 1.54) is 0 Å². The number of nitrogens with two attached hydrogens (primary N) is 1. The number of pyridine rings is 1. The SMILES string of the molecule is CC(C)Oc1cncc(C(NN)c2cn(C)cn2)c1. The molecule has 0 saturated carbocycles. The van der Waals surface area contributed by atoms with Gasteiger partial charge in [0.15, 0.2) is 0 Å². The number of nitrogens with one attached hydrogen (secondary N) is 1. The van der Waals surface area contributed by atoms with Gasteiger partial charge in [0, 0.05) is 19.4 Å². The molecule has 0 amide bonds. The molecule has 0 bridgehead atoms. The third-order valence-electron chi connectivity index (χ3n) is 2.63. The van der Waals surface area contributed by atoms with E-state index in [1.807, 2.05) is 37.7 Å². The van der Waals surface area contributed by atoms with Gasteiger partial charge in [0.2, 0.25) is 0 Å². The van der Waals surface area contributed by atoms with Gasteiger partial charge < -0.3 is 9.30 Å². The molecule has 0 aliphatic heterocycles. The van der Waals surface area contributed by atoms with Gasteiger partial charge in [-0.15, -0.1) is 0 Å². The predicted octanol–water partition coefficient (Wildman–Crippen LogP) is 1.15. The first-order valence-electron chi connectivity index (χ1n) is 6.15. The summed E-state index contributed by atoms with van der Waals surface area (Å²) in [5, 5.41) is 0. The average Bonchev–Trinajstić information content (AvgIpc) is 2.76. The van der Waals surface area contributed by atoms with Gasteiger partial charge in [-0.05, 0) is 25.5 Å². The number of ether oxygens (including phenoxy) is 1. The van der Waals surface area contributed by atoms with Crippen molar-refractivity contribution in [3.8, 4) is 5.75 Å². The van der Waals surface area contributed by atoms with Crippen LogP contribution in [-0.2, 0) is 7.05 Å². The van der Waals surface area contributed by atoms with Crippen LogP contribution in [0.4, 0.5) is 0 Å². The molecule has 2 heterocycles. The van der Waals surface area contributed by atoms with Gasteiger partial charge in [-0.3, -0.25) is 10.8 Å². The van der Waals surface area contributed by atoms with Gasteiger partial charge in [-0.1, -0.05) is 0 Å². The second-order valence-electron chi connectivity index (χ2n) is 4.68.